The molecule has 0 aromatic heterocycles. The number of rotatable bonds is 14. The summed E-state index contributed by atoms with van der Waals surface area (Å²) in [4.78, 5) is 22.9. The summed E-state index contributed by atoms with van der Waals surface area (Å²) in [5.41, 5.74) is 0. The van der Waals surface area contributed by atoms with E-state index >= 15 is 0 Å². The highest BCUT2D eigenvalue weighted by Crippen LogP contribution is 2.09. The van der Waals surface area contributed by atoms with Gasteiger partial charge in [0.1, 0.15) is 24.7 Å². The van der Waals surface area contributed by atoms with Crippen molar-refractivity contribution in [3.8, 4) is 11.5 Å². The molecule has 0 saturated heterocycles. The van der Waals surface area contributed by atoms with Crippen molar-refractivity contribution in [3.05, 3.63) is 60.7 Å². The third kappa shape index (κ3) is 12.2. The van der Waals surface area contributed by atoms with Crippen LogP contribution in [0.25, 0.3) is 0 Å². The van der Waals surface area contributed by atoms with E-state index in [1.54, 1.807) is 48.5 Å². The molecule has 2 aromatic carbocycles. The van der Waals surface area contributed by atoms with Gasteiger partial charge in [0.05, 0.1) is 39.6 Å². The molecule has 0 aliphatic heterocycles. The molecule has 0 saturated carbocycles. The molecule has 0 heterocycles. The van der Waals surface area contributed by atoms with Crippen molar-refractivity contribution in [2.24, 2.45) is 0 Å². The Labute approximate surface area is 180 Å². The minimum absolute atomic E-state index is 0.0848. The van der Waals surface area contributed by atoms with Crippen LogP contribution in [-0.4, -0.2) is 65.2 Å². The number of ether oxygens (including phenoxy) is 7. The number of para-hydroxylation sites is 2. The fraction of sp³-hybridized carbons (Fsp3) is 0.364. The van der Waals surface area contributed by atoms with Gasteiger partial charge in [-0.3, -0.25) is 0 Å². The molecule has 0 spiro atoms. The van der Waals surface area contributed by atoms with Gasteiger partial charge in [-0.1, -0.05) is 36.4 Å². The Morgan fingerprint density at radius 3 is 1.16 bits per heavy atom. The Morgan fingerprint density at radius 2 is 0.806 bits per heavy atom. The van der Waals surface area contributed by atoms with Crippen LogP contribution in [0.15, 0.2) is 60.7 Å². The van der Waals surface area contributed by atoms with Crippen LogP contribution in [0.2, 0.25) is 0 Å². The van der Waals surface area contributed by atoms with E-state index in [1.165, 1.54) is 0 Å². The van der Waals surface area contributed by atoms with E-state index in [2.05, 4.69) is 0 Å². The van der Waals surface area contributed by atoms with Crippen LogP contribution >= 0.6 is 0 Å². The van der Waals surface area contributed by atoms with E-state index in [9.17, 15) is 9.59 Å². The second-order valence-electron chi connectivity index (χ2n) is 5.86. The molecule has 9 heteroatoms. The van der Waals surface area contributed by atoms with Gasteiger partial charge in [0.25, 0.3) is 0 Å². The molecular weight excluding hydrogens is 408 g/mol. The summed E-state index contributed by atoms with van der Waals surface area (Å²) in [6, 6.07) is 17.3. The second-order valence-corrected chi connectivity index (χ2v) is 5.86. The summed E-state index contributed by atoms with van der Waals surface area (Å²) < 4.78 is 35.6. The van der Waals surface area contributed by atoms with E-state index < -0.39 is 12.3 Å². The minimum atomic E-state index is -0.777. The van der Waals surface area contributed by atoms with Gasteiger partial charge in [-0.25, -0.2) is 9.59 Å². The molecule has 0 N–H and O–H groups in total. The Kier molecular flexibility index (Phi) is 12.2. The summed E-state index contributed by atoms with van der Waals surface area (Å²) in [5.74, 6) is 0.838. The number of benzene rings is 2. The average molecular weight is 434 g/mol. The zero-order valence-electron chi connectivity index (χ0n) is 17.1. The van der Waals surface area contributed by atoms with Crippen LogP contribution in [0.4, 0.5) is 9.59 Å². The molecule has 0 amide bonds. The van der Waals surface area contributed by atoms with Gasteiger partial charge in [0.15, 0.2) is 0 Å². The van der Waals surface area contributed by atoms with Crippen molar-refractivity contribution in [2.45, 2.75) is 0 Å². The first-order valence-electron chi connectivity index (χ1n) is 9.76. The predicted molar refractivity (Wildman–Crippen MR) is 109 cm³/mol. The summed E-state index contributed by atoms with van der Waals surface area (Å²) in [6.07, 6.45) is -1.55. The fourth-order valence-corrected chi connectivity index (χ4v) is 2.14. The fourth-order valence-electron chi connectivity index (χ4n) is 2.14. The molecule has 168 valence electrons. The normalized spacial score (nSPS) is 10.3. The molecule has 0 radical (unpaired) electrons. The lowest BCUT2D eigenvalue weighted by atomic mass is 10.3. The van der Waals surface area contributed by atoms with Crippen LogP contribution in [0.5, 0.6) is 11.5 Å². The third-order valence-electron chi connectivity index (χ3n) is 3.53. The van der Waals surface area contributed by atoms with E-state index in [1.807, 2.05) is 12.1 Å². The lowest BCUT2D eigenvalue weighted by Crippen LogP contribution is -2.17. The first-order chi connectivity index (χ1) is 15.2. The largest absolute Gasteiger partial charge is 0.513 e. The molecule has 0 bridgehead atoms. The zero-order chi connectivity index (χ0) is 22.0. The molecule has 9 nitrogen and oxygen atoms in total. The van der Waals surface area contributed by atoms with E-state index in [4.69, 9.17) is 33.2 Å². The van der Waals surface area contributed by atoms with E-state index in [0.29, 0.717) is 37.9 Å². The maximum atomic E-state index is 11.4. The number of hydrogen-bond acceptors (Lipinski definition) is 9. The molecule has 0 aliphatic rings. The summed E-state index contributed by atoms with van der Waals surface area (Å²) >= 11 is 0. The van der Waals surface area contributed by atoms with Crippen molar-refractivity contribution in [1.82, 2.24) is 0 Å². The molecule has 2 aromatic rings. The van der Waals surface area contributed by atoms with Crippen molar-refractivity contribution in [3.63, 3.8) is 0 Å². The molecule has 2 rings (SSSR count). The predicted octanol–water partition coefficient (Wildman–Crippen LogP) is 3.47. The van der Waals surface area contributed by atoms with Gasteiger partial charge in [0.2, 0.25) is 0 Å². The molecule has 0 aliphatic carbocycles. The highest BCUT2D eigenvalue weighted by atomic mass is 16.7. The van der Waals surface area contributed by atoms with Crippen molar-refractivity contribution in [1.29, 1.82) is 0 Å². The molecular formula is C22H26O9. The van der Waals surface area contributed by atoms with Crippen LogP contribution in [0.1, 0.15) is 0 Å². The average Bonchev–Trinajstić information content (AvgIpc) is 2.78. The highest BCUT2D eigenvalue weighted by Gasteiger charge is 2.06. The van der Waals surface area contributed by atoms with Gasteiger partial charge in [-0.05, 0) is 24.3 Å². The lowest BCUT2D eigenvalue weighted by Gasteiger charge is -2.08. The van der Waals surface area contributed by atoms with Crippen LogP contribution in [-0.2, 0) is 23.7 Å². The number of carbonyl (C=O) groups is 2. The Hall–Kier alpha value is -3.14. The minimum Gasteiger partial charge on any atom is -0.432 e. The van der Waals surface area contributed by atoms with Gasteiger partial charge in [0, 0.05) is 0 Å². The van der Waals surface area contributed by atoms with Crippen molar-refractivity contribution >= 4 is 12.3 Å². The number of carbonyl (C=O) groups excluding carboxylic acids is 2. The Morgan fingerprint density at radius 1 is 0.484 bits per heavy atom. The summed E-state index contributed by atoms with van der Waals surface area (Å²) in [7, 11) is 0. The van der Waals surface area contributed by atoms with Crippen LogP contribution in [0, 0.1) is 0 Å². The van der Waals surface area contributed by atoms with E-state index in [0.717, 1.165) is 0 Å². The maximum absolute atomic E-state index is 11.4. The quantitative estimate of drug-likeness (QED) is 0.251. The van der Waals surface area contributed by atoms with Gasteiger partial charge < -0.3 is 33.2 Å². The first-order valence-corrected chi connectivity index (χ1v) is 9.76. The molecule has 0 unspecified atom stereocenters. The Bertz CT molecular complexity index is 674. The van der Waals surface area contributed by atoms with Crippen LogP contribution in [0.3, 0.4) is 0 Å². The monoisotopic (exact) mass is 434 g/mol. The third-order valence-corrected chi connectivity index (χ3v) is 3.53. The highest BCUT2D eigenvalue weighted by molar-refractivity contribution is 5.64. The standard InChI is InChI=1S/C22H26O9/c23-21(30-19-7-3-1-4-8-19)28-17-15-26-13-11-25-12-14-27-16-18-29-22(24)31-20-9-5-2-6-10-20/h1-10H,11-18H2. The Balaban J connectivity index is 1.31. The van der Waals surface area contributed by atoms with Crippen molar-refractivity contribution in [2.75, 3.05) is 52.9 Å². The summed E-state index contributed by atoms with van der Waals surface area (Å²) in [5, 5.41) is 0. The van der Waals surface area contributed by atoms with Gasteiger partial charge in [-0.2, -0.15) is 0 Å². The van der Waals surface area contributed by atoms with Crippen molar-refractivity contribution < 1.29 is 42.7 Å². The molecule has 31 heavy (non-hydrogen) atoms. The second kappa shape index (κ2) is 15.7. The molecule has 0 atom stereocenters. The SMILES string of the molecule is O=C(OCCOCCOCCOCCOC(=O)Oc1ccccc1)Oc1ccccc1. The number of hydrogen-bond donors (Lipinski definition) is 0. The van der Waals surface area contributed by atoms with Crippen LogP contribution < -0.4 is 9.47 Å². The molecule has 0 fully saturated rings. The smallest absolute Gasteiger partial charge is 0.432 e. The van der Waals surface area contributed by atoms with Gasteiger partial charge >= 0.3 is 12.3 Å². The first kappa shape index (κ1) is 24.1. The topological polar surface area (TPSA) is 98.8 Å². The van der Waals surface area contributed by atoms with Gasteiger partial charge in [-0.15, -0.1) is 0 Å². The lowest BCUT2D eigenvalue weighted by molar-refractivity contribution is -0.00506. The maximum Gasteiger partial charge on any atom is 0.513 e. The zero-order valence-corrected chi connectivity index (χ0v) is 17.1. The summed E-state index contributed by atoms with van der Waals surface area (Å²) in [6.45, 7) is 2.09. The van der Waals surface area contributed by atoms with E-state index in [-0.39, 0.29) is 26.4 Å².